The van der Waals surface area contributed by atoms with Gasteiger partial charge in [0.05, 0.1) is 12.6 Å². The number of carbonyl (C=O) groups is 1. The Balaban J connectivity index is 1.60. The number of hydrogen-bond donors (Lipinski definition) is 2. The van der Waals surface area contributed by atoms with Gasteiger partial charge in [0.25, 0.3) is 5.91 Å². The van der Waals surface area contributed by atoms with E-state index in [9.17, 15) is 4.79 Å². The molecule has 7 nitrogen and oxygen atoms in total. The minimum absolute atomic E-state index is 0.155. The Bertz CT molecular complexity index is 1380. The maximum atomic E-state index is 13.2. The van der Waals surface area contributed by atoms with Crippen molar-refractivity contribution in [1.29, 1.82) is 0 Å². The Labute approximate surface area is 212 Å². The molecule has 0 saturated carbocycles. The fourth-order valence-electron chi connectivity index (χ4n) is 4.27. The van der Waals surface area contributed by atoms with Crippen molar-refractivity contribution in [2.75, 3.05) is 37.9 Å². The van der Waals surface area contributed by atoms with E-state index in [1.165, 1.54) is 0 Å². The number of nitrogens with one attached hydrogen (secondary N) is 2. The Hall–Kier alpha value is -3.97. The Morgan fingerprint density at radius 3 is 2.56 bits per heavy atom. The molecule has 0 atom stereocenters. The summed E-state index contributed by atoms with van der Waals surface area (Å²) in [4.78, 5) is 24.3. The summed E-state index contributed by atoms with van der Waals surface area (Å²) in [6, 6.07) is 17.6. The van der Waals surface area contributed by atoms with Gasteiger partial charge in [-0.15, -0.1) is 0 Å². The average Bonchev–Trinajstić information content (AvgIpc) is 2.91. The smallest absolute Gasteiger partial charge is 0.255 e. The van der Waals surface area contributed by atoms with Crippen LogP contribution >= 0.6 is 0 Å². The lowest BCUT2D eigenvalue weighted by Crippen LogP contribution is -2.22. The second-order valence-corrected chi connectivity index (χ2v) is 8.69. The van der Waals surface area contributed by atoms with Gasteiger partial charge in [-0.25, -0.2) is 9.97 Å². The van der Waals surface area contributed by atoms with Crippen LogP contribution in [0.3, 0.4) is 0 Å². The summed E-state index contributed by atoms with van der Waals surface area (Å²) in [6.45, 7) is 8.97. The van der Waals surface area contributed by atoms with Crippen LogP contribution in [0.2, 0.25) is 0 Å². The summed E-state index contributed by atoms with van der Waals surface area (Å²) < 4.78 is 5.55. The van der Waals surface area contributed by atoms with Crippen molar-refractivity contribution in [1.82, 2.24) is 14.9 Å². The van der Waals surface area contributed by atoms with Crippen molar-refractivity contribution in [2.45, 2.75) is 27.3 Å². The summed E-state index contributed by atoms with van der Waals surface area (Å²) in [5.74, 6) is 1.25. The predicted molar refractivity (Wildman–Crippen MR) is 147 cm³/mol. The van der Waals surface area contributed by atoms with Gasteiger partial charge in [0.1, 0.15) is 5.75 Å². The topological polar surface area (TPSA) is 79.4 Å². The van der Waals surface area contributed by atoms with E-state index in [0.29, 0.717) is 11.5 Å². The van der Waals surface area contributed by atoms with E-state index in [2.05, 4.69) is 45.4 Å². The van der Waals surface area contributed by atoms with Gasteiger partial charge >= 0.3 is 0 Å². The number of aryl methyl sites for hydroxylation is 1. The highest BCUT2D eigenvalue weighted by molar-refractivity contribution is 6.05. The molecule has 4 rings (SSSR count). The van der Waals surface area contributed by atoms with Crippen molar-refractivity contribution in [3.05, 3.63) is 77.5 Å². The van der Waals surface area contributed by atoms with Crippen molar-refractivity contribution >= 4 is 28.4 Å². The lowest BCUT2D eigenvalue weighted by atomic mass is 9.97. The normalized spacial score (nSPS) is 11.1. The lowest BCUT2D eigenvalue weighted by Gasteiger charge is -2.20. The number of nitrogens with zero attached hydrogens (tertiary/aromatic N) is 3. The summed E-state index contributed by atoms with van der Waals surface area (Å²) >= 11 is 0. The number of rotatable bonds is 9. The Morgan fingerprint density at radius 2 is 1.83 bits per heavy atom. The number of fused-ring (bicyclic) bond motifs is 1. The summed E-state index contributed by atoms with van der Waals surface area (Å²) in [6.07, 6.45) is 1.81. The molecule has 1 amide bonds. The molecular weight excluding hydrogens is 450 g/mol. The van der Waals surface area contributed by atoms with Gasteiger partial charge in [0.2, 0.25) is 5.95 Å². The van der Waals surface area contributed by atoms with E-state index in [0.717, 1.165) is 64.2 Å². The lowest BCUT2D eigenvalue weighted by molar-refractivity contribution is 0.102. The molecule has 186 valence electrons. The second-order valence-electron chi connectivity index (χ2n) is 8.69. The third-order valence-electron chi connectivity index (χ3n) is 6.44. The standard InChI is InChI=1S/C29H33N5O2/c1-6-34(7-2)18-23-15-24(11-13-27(23)36-5)32-28(35)21-9-8-19(3)25(16-21)20-10-12-26-22(14-20)17-31-29(30-4)33-26/h8-17H,6-7,18H2,1-5H3,(H,32,35)(H,30,31,33). The fraction of sp³-hybridized carbons (Fsp3) is 0.276. The van der Waals surface area contributed by atoms with E-state index in [1.807, 2.05) is 61.7 Å². The van der Waals surface area contributed by atoms with Crippen LogP contribution in [-0.2, 0) is 6.54 Å². The van der Waals surface area contributed by atoms with E-state index in [1.54, 1.807) is 14.2 Å². The number of anilines is 2. The number of carbonyl (C=O) groups excluding carboxylic acids is 1. The molecule has 0 bridgehead atoms. The summed E-state index contributed by atoms with van der Waals surface area (Å²) in [5, 5.41) is 6.97. The highest BCUT2D eigenvalue weighted by Gasteiger charge is 2.13. The second kappa shape index (κ2) is 11.2. The molecule has 3 aromatic carbocycles. The van der Waals surface area contributed by atoms with Crippen molar-refractivity contribution in [2.24, 2.45) is 0 Å². The summed E-state index contributed by atoms with van der Waals surface area (Å²) in [5.41, 5.74) is 6.35. The first-order valence-electron chi connectivity index (χ1n) is 12.2. The van der Waals surface area contributed by atoms with Crippen LogP contribution in [0.4, 0.5) is 11.6 Å². The van der Waals surface area contributed by atoms with E-state index in [4.69, 9.17) is 4.74 Å². The molecule has 0 spiro atoms. The van der Waals surface area contributed by atoms with Crippen LogP contribution in [0.1, 0.15) is 35.3 Å². The summed E-state index contributed by atoms with van der Waals surface area (Å²) in [7, 11) is 3.47. The molecular formula is C29H33N5O2. The zero-order valence-corrected chi connectivity index (χ0v) is 21.6. The van der Waals surface area contributed by atoms with E-state index < -0.39 is 0 Å². The van der Waals surface area contributed by atoms with Gasteiger partial charge in [0.15, 0.2) is 0 Å². The molecule has 0 aliphatic rings. The SMILES string of the molecule is CCN(CC)Cc1cc(NC(=O)c2ccc(C)c(-c3ccc4nc(NC)ncc4c3)c2)ccc1OC. The fourth-order valence-corrected chi connectivity index (χ4v) is 4.27. The van der Waals surface area contributed by atoms with Gasteiger partial charge in [-0.3, -0.25) is 9.69 Å². The predicted octanol–water partition coefficient (Wildman–Crippen LogP) is 5.75. The van der Waals surface area contributed by atoms with Crippen LogP contribution in [-0.4, -0.2) is 48.0 Å². The molecule has 0 aliphatic heterocycles. The molecule has 0 radical (unpaired) electrons. The van der Waals surface area contributed by atoms with Gasteiger partial charge < -0.3 is 15.4 Å². The number of methoxy groups -OCH3 is 1. The molecule has 0 aliphatic carbocycles. The molecule has 0 saturated heterocycles. The zero-order valence-electron chi connectivity index (χ0n) is 21.6. The third-order valence-corrected chi connectivity index (χ3v) is 6.44. The van der Waals surface area contributed by atoms with Crippen LogP contribution in [0.15, 0.2) is 60.8 Å². The first kappa shape index (κ1) is 25.1. The number of ether oxygens (including phenoxy) is 1. The van der Waals surface area contributed by atoms with E-state index in [-0.39, 0.29) is 5.91 Å². The molecule has 0 unspecified atom stereocenters. The van der Waals surface area contributed by atoms with Crippen molar-refractivity contribution in [3.63, 3.8) is 0 Å². The number of amides is 1. The Kier molecular flexibility index (Phi) is 7.80. The molecule has 2 N–H and O–H groups in total. The van der Waals surface area contributed by atoms with Crippen LogP contribution < -0.4 is 15.4 Å². The Morgan fingerprint density at radius 1 is 1.03 bits per heavy atom. The van der Waals surface area contributed by atoms with Gasteiger partial charge in [-0.05, 0) is 79.2 Å². The number of benzene rings is 3. The average molecular weight is 484 g/mol. The first-order chi connectivity index (χ1) is 17.4. The van der Waals surface area contributed by atoms with Crippen LogP contribution in [0.5, 0.6) is 5.75 Å². The maximum Gasteiger partial charge on any atom is 0.255 e. The largest absolute Gasteiger partial charge is 0.496 e. The monoisotopic (exact) mass is 483 g/mol. The van der Waals surface area contributed by atoms with Gasteiger partial charge in [0, 0.05) is 42.0 Å². The zero-order chi connectivity index (χ0) is 25.7. The highest BCUT2D eigenvalue weighted by atomic mass is 16.5. The molecule has 1 aromatic heterocycles. The van der Waals surface area contributed by atoms with Crippen LogP contribution in [0, 0.1) is 6.92 Å². The van der Waals surface area contributed by atoms with Crippen molar-refractivity contribution in [3.8, 4) is 16.9 Å². The van der Waals surface area contributed by atoms with Gasteiger partial charge in [-0.2, -0.15) is 0 Å². The minimum Gasteiger partial charge on any atom is -0.496 e. The number of aromatic nitrogens is 2. The molecule has 1 heterocycles. The first-order valence-corrected chi connectivity index (χ1v) is 12.2. The molecule has 36 heavy (non-hydrogen) atoms. The highest BCUT2D eigenvalue weighted by Crippen LogP contribution is 2.29. The third kappa shape index (κ3) is 5.47. The van der Waals surface area contributed by atoms with Crippen molar-refractivity contribution < 1.29 is 9.53 Å². The van der Waals surface area contributed by atoms with E-state index >= 15 is 0 Å². The molecule has 7 heteroatoms. The maximum absolute atomic E-state index is 13.2. The quantitative estimate of drug-likeness (QED) is 0.316. The number of hydrogen-bond acceptors (Lipinski definition) is 6. The molecule has 4 aromatic rings. The minimum atomic E-state index is -0.155. The van der Waals surface area contributed by atoms with Gasteiger partial charge in [-0.1, -0.05) is 26.0 Å². The van der Waals surface area contributed by atoms with Crippen LogP contribution in [0.25, 0.3) is 22.0 Å². The molecule has 0 fully saturated rings.